The maximum Gasteiger partial charge on any atom is 0.387 e. The van der Waals surface area contributed by atoms with E-state index in [9.17, 15) is 8.78 Å². The lowest BCUT2D eigenvalue weighted by molar-refractivity contribution is -0.0502. The minimum atomic E-state index is -2.85. The van der Waals surface area contributed by atoms with Gasteiger partial charge in [0.05, 0.1) is 24.9 Å². The summed E-state index contributed by atoms with van der Waals surface area (Å²) in [5, 5.41) is 0. The Hall–Kier alpha value is -2.80. The van der Waals surface area contributed by atoms with Gasteiger partial charge < -0.3 is 14.0 Å². The SMILES string of the molecule is Cc1cc(-c2nc(-c3ccc(OC(F)F)c(C)c3)n3c2CCOC(C)C3)cc(C)n1. The molecule has 0 saturated heterocycles. The van der Waals surface area contributed by atoms with Crippen molar-refractivity contribution < 1.29 is 18.3 Å². The zero-order valence-electron chi connectivity index (χ0n) is 17.6. The number of ether oxygens (including phenoxy) is 2. The van der Waals surface area contributed by atoms with Crippen LogP contribution in [0.4, 0.5) is 8.78 Å². The zero-order chi connectivity index (χ0) is 21.4. The van der Waals surface area contributed by atoms with Crippen LogP contribution in [-0.4, -0.2) is 33.9 Å². The average molecular weight is 413 g/mol. The number of nitrogens with zero attached hydrogens (tertiary/aromatic N) is 3. The van der Waals surface area contributed by atoms with Gasteiger partial charge in [0.25, 0.3) is 0 Å². The largest absolute Gasteiger partial charge is 0.435 e. The second kappa shape index (κ2) is 8.14. The van der Waals surface area contributed by atoms with Crippen molar-refractivity contribution in [2.24, 2.45) is 0 Å². The minimum absolute atomic E-state index is 0.0514. The first kappa shape index (κ1) is 20.5. The Bertz CT molecular complexity index is 1060. The highest BCUT2D eigenvalue weighted by atomic mass is 19.3. The molecule has 2 aromatic heterocycles. The van der Waals surface area contributed by atoms with Crippen LogP contribution in [0, 0.1) is 20.8 Å². The highest BCUT2D eigenvalue weighted by Crippen LogP contribution is 2.34. The number of pyridine rings is 1. The molecule has 1 aliphatic rings. The first-order valence-corrected chi connectivity index (χ1v) is 10.0. The molecule has 0 radical (unpaired) electrons. The van der Waals surface area contributed by atoms with Gasteiger partial charge in [-0.25, -0.2) is 4.98 Å². The Morgan fingerprint density at radius 1 is 1.07 bits per heavy atom. The number of benzene rings is 1. The molecule has 0 spiro atoms. The third-order valence-electron chi connectivity index (χ3n) is 5.26. The van der Waals surface area contributed by atoms with Crippen LogP contribution in [0.2, 0.25) is 0 Å². The van der Waals surface area contributed by atoms with Crippen molar-refractivity contribution in [1.29, 1.82) is 0 Å². The van der Waals surface area contributed by atoms with E-state index in [2.05, 4.69) is 14.3 Å². The molecule has 1 aliphatic heterocycles. The fourth-order valence-corrected chi connectivity index (χ4v) is 4.04. The molecule has 1 aromatic carbocycles. The lowest BCUT2D eigenvalue weighted by atomic mass is 10.1. The molecule has 4 rings (SSSR count). The predicted molar refractivity (Wildman–Crippen MR) is 111 cm³/mol. The van der Waals surface area contributed by atoms with E-state index in [-0.39, 0.29) is 11.9 Å². The van der Waals surface area contributed by atoms with Crippen LogP contribution in [-0.2, 0) is 17.7 Å². The van der Waals surface area contributed by atoms with Gasteiger partial charge in [-0.3, -0.25) is 4.98 Å². The van der Waals surface area contributed by atoms with Crippen molar-refractivity contribution in [2.75, 3.05) is 6.61 Å². The molecule has 7 heteroatoms. The summed E-state index contributed by atoms with van der Waals surface area (Å²) < 4.78 is 38.0. The summed E-state index contributed by atoms with van der Waals surface area (Å²) in [6, 6.07) is 9.29. The van der Waals surface area contributed by atoms with Gasteiger partial charge in [-0.1, -0.05) is 0 Å². The molecule has 5 nitrogen and oxygen atoms in total. The van der Waals surface area contributed by atoms with Crippen LogP contribution in [0.1, 0.15) is 29.6 Å². The zero-order valence-corrected chi connectivity index (χ0v) is 17.6. The molecule has 0 N–H and O–H groups in total. The maximum atomic E-state index is 12.6. The number of aryl methyl sites for hydroxylation is 3. The van der Waals surface area contributed by atoms with Gasteiger partial charge in [0.2, 0.25) is 0 Å². The second-order valence-corrected chi connectivity index (χ2v) is 7.77. The van der Waals surface area contributed by atoms with E-state index in [0.717, 1.165) is 46.1 Å². The van der Waals surface area contributed by atoms with Crippen molar-refractivity contribution >= 4 is 0 Å². The number of hydrogen-bond donors (Lipinski definition) is 0. The minimum Gasteiger partial charge on any atom is -0.435 e. The first-order chi connectivity index (χ1) is 14.3. The Balaban J connectivity index is 1.86. The third kappa shape index (κ3) is 4.07. The number of halogens is 2. The number of imidazole rings is 1. The van der Waals surface area contributed by atoms with Crippen molar-refractivity contribution in [3.8, 4) is 28.4 Å². The summed E-state index contributed by atoms with van der Waals surface area (Å²) in [6.45, 7) is 6.21. The summed E-state index contributed by atoms with van der Waals surface area (Å²) in [5.41, 5.74) is 6.44. The van der Waals surface area contributed by atoms with Crippen LogP contribution in [0.5, 0.6) is 5.75 Å². The molecule has 0 aliphatic carbocycles. The van der Waals surface area contributed by atoms with Crippen molar-refractivity contribution in [3.63, 3.8) is 0 Å². The molecule has 1 atom stereocenters. The van der Waals surface area contributed by atoms with E-state index < -0.39 is 6.61 Å². The molecule has 0 saturated carbocycles. The second-order valence-electron chi connectivity index (χ2n) is 7.77. The van der Waals surface area contributed by atoms with Crippen LogP contribution in [0.25, 0.3) is 22.6 Å². The average Bonchev–Trinajstić information content (AvgIpc) is 2.89. The van der Waals surface area contributed by atoms with E-state index in [1.54, 1.807) is 19.1 Å². The van der Waals surface area contributed by atoms with Crippen molar-refractivity contribution in [3.05, 3.63) is 53.0 Å². The third-order valence-corrected chi connectivity index (χ3v) is 5.26. The summed E-state index contributed by atoms with van der Waals surface area (Å²) in [6.07, 6.45) is 0.800. The lowest BCUT2D eigenvalue weighted by Gasteiger charge is -2.14. The molecular formula is C23H25F2N3O2. The van der Waals surface area contributed by atoms with E-state index in [0.29, 0.717) is 18.7 Å². The van der Waals surface area contributed by atoms with Gasteiger partial charge >= 0.3 is 6.61 Å². The normalized spacial score (nSPS) is 16.4. The molecule has 3 aromatic rings. The summed E-state index contributed by atoms with van der Waals surface area (Å²) in [4.78, 5) is 9.49. The number of fused-ring (bicyclic) bond motifs is 1. The molecule has 0 amide bonds. The number of rotatable bonds is 4. The van der Waals surface area contributed by atoms with Crippen LogP contribution >= 0.6 is 0 Å². The molecule has 0 fully saturated rings. The summed E-state index contributed by atoms with van der Waals surface area (Å²) in [7, 11) is 0. The fourth-order valence-electron chi connectivity index (χ4n) is 4.04. The Labute approximate surface area is 174 Å². The Morgan fingerprint density at radius 2 is 1.80 bits per heavy atom. The Kier molecular flexibility index (Phi) is 5.56. The smallest absolute Gasteiger partial charge is 0.387 e. The maximum absolute atomic E-state index is 12.6. The molecule has 158 valence electrons. The van der Waals surface area contributed by atoms with Gasteiger partial charge in [0.1, 0.15) is 11.6 Å². The van der Waals surface area contributed by atoms with Gasteiger partial charge in [0.15, 0.2) is 0 Å². The van der Waals surface area contributed by atoms with Gasteiger partial charge in [-0.15, -0.1) is 0 Å². The van der Waals surface area contributed by atoms with Gasteiger partial charge in [-0.05, 0) is 63.6 Å². The van der Waals surface area contributed by atoms with Crippen LogP contribution in [0.3, 0.4) is 0 Å². The quantitative estimate of drug-likeness (QED) is 0.597. The first-order valence-electron chi connectivity index (χ1n) is 10.0. The van der Waals surface area contributed by atoms with E-state index in [1.165, 1.54) is 0 Å². The number of hydrogen-bond acceptors (Lipinski definition) is 4. The van der Waals surface area contributed by atoms with E-state index in [4.69, 9.17) is 9.72 Å². The highest BCUT2D eigenvalue weighted by Gasteiger charge is 2.24. The van der Waals surface area contributed by atoms with E-state index >= 15 is 0 Å². The van der Waals surface area contributed by atoms with Crippen molar-refractivity contribution in [2.45, 2.75) is 53.4 Å². The number of aromatic nitrogens is 3. The molecular weight excluding hydrogens is 388 g/mol. The number of alkyl halides is 2. The fraction of sp³-hybridized carbons (Fsp3) is 0.391. The van der Waals surface area contributed by atoms with Crippen LogP contribution < -0.4 is 4.74 Å². The highest BCUT2D eigenvalue weighted by molar-refractivity contribution is 5.70. The lowest BCUT2D eigenvalue weighted by Crippen LogP contribution is -2.15. The molecule has 3 heterocycles. The molecule has 30 heavy (non-hydrogen) atoms. The molecule has 0 bridgehead atoms. The van der Waals surface area contributed by atoms with Crippen molar-refractivity contribution in [1.82, 2.24) is 14.5 Å². The van der Waals surface area contributed by atoms with E-state index in [1.807, 2.05) is 39.0 Å². The van der Waals surface area contributed by atoms with Gasteiger partial charge in [0, 0.05) is 34.6 Å². The topological polar surface area (TPSA) is 49.2 Å². The summed E-state index contributed by atoms with van der Waals surface area (Å²) in [5.74, 6) is 0.977. The predicted octanol–water partition coefficient (Wildman–Crippen LogP) is 5.10. The molecule has 1 unspecified atom stereocenters. The monoisotopic (exact) mass is 413 g/mol. The Morgan fingerprint density at radius 3 is 2.47 bits per heavy atom. The standard InChI is InChI=1S/C23H25F2N3O2/c1-13-9-17(5-6-20(13)30-23(24)25)22-27-21(18-10-14(2)26-15(3)11-18)19-7-8-29-16(4)12-28(19)22/h5-6,9-11,16,23H,7-8,12H2,1-4H3. The summed E-state index contributed by atoms with van der Waals surface area (Å²) >= 11 is 0. The van der Waals surface area contributed by atoms with Crippen LogP contribution in [0.15, 0.2) is 30.3 Å². The van der Waals surface area contributed by atoms with Gasteiger partial charge in [-0.2, -0.15) is 8.78 Å².